The smallest absolute Gasteiger partial charge is 0.344 e. The van der Waals surface area contributed by atoms with Crippen LogP contribution in [0.5, 0.6) is 0 Å². The van der Waals surface area contributed by atoms with E-state index in [0.29, 0.717) is 5.69 Å². The van der Waals surface area contributed by atoms with Crippen LogP contribution in [0.2, 0.25) is 0 Å². The third-order valence-corrected chi connectivity index (χ3v) is 4.57. The van der Waals surface area contributed by atoms with Crippen molar-refractivity contribution in [3.63, 3.8) is 0 Å². The highest BCUT2D eigenvalue weighted by Gasteiger charge is 2.27. The van der Waals surface area contributed by atoms with Gasteiger partial charge in [-0.2, -0.15) is 5.10 Å². The SMILES string of the molecule is Cc1nn(C2CCCC2)c(N)c1C(=O)OCC(=O)c1c(F)cccc1F. The number of hydrogen-bond donors (Lipinski definition) is 1. The lowest BCUT2D eigenvalue weighted by Gasteiger charge is -2.12. The first kappa shape index (κ1) is 18.0. The maximum Gasteiger partial charge on any atom is 0.344 e. The van der Waals surface area contributed by atoms with E-state index >= 15 is 0 Å². The Morgan fingerprint density at radius 2 is 1.85 bits per heavy atom. The number of halogens is 2. The summed E-state index contributed by atoms with van der Waals surface area (Å²) >= 11 is 0. The van der Waals surface area contributed by atoms with Crippen molar-refractivity contribution in [3.05, 3.63) is 46.7 Å². The summed E-state index contributed by atoms with van der Waals surface area (Å²) in [6.07, 6.45) is 4.02. The van der Waals surface area contributed by atoms with Gasteiger partial charge in [0.15, 0.2) is 6.61 Å². The first-order chi connectivity index (χ1) is 12.4. The number of ketones is 1. The van der Waals surface area contributed by atoms with Crippen LogP contribution < -0.4 is 5.73 Å². The lowest BCUT2D eigenvalue weighted by Crippen LogP contribution is -2.18. The number of benzene rings is 1. The monoisotopic (exact) mass is 363 g/mol. The molecule has 26 heavy (non-hydrogen) atoms. The summed E-state index contributed by atoms with van der Waals surface area (Å²) in [5.74, 6) is -3.63. The summed E-state index contributed by atoms with van der Waals surface area (Å²) in [7, 11) is 0. The Morgan fingerprint density at radius 3 is 2.46 bits per heavy atom. The molecule has 0 atom stereocenters. The quantitative estimate of drug-likeness (QED) is 0.651. The van der Waals surface area contributed by atoms with Gasteiger partial charge in [0, 0.05) is 0 Å². The van der Waals surface area contributed by atoms with Gasteiger partial charge in [0.2, 0.25) is 5.78 Å². The molecule has 1 aliphatic carbocycles. The van der Waals surface area contributed by atoms with Crippen molar-refractivity contribution < 1.29 is 23.1 Å². The van der Waals surface area contributed by atoms with Crippen LogP contribution in [-0.2, 0) is 4.74 Å². The highest BCUT2D eigenvalue weighted by Crippen LogP contribution is 2.32. The second-order valence-electron chi connectivity index (χ2n) is 6.32. The highest BCUT2D eigenvalue weighted by atomic mass is 19.1. The van der Waals surface area contributed by atoms with Gasteiger partial charge in [-0.15, -0.1) is 0 Å². The zero-order chi connectivity index (χ0) is 18.8. The molecule has 2 aromatic rings. The van der Waals surface area contributed by atoms with Gasteiger partial charge in [-0.3, -0.25) is 4.79 Å². The molecule has 1 aromatic heterocycles. The number of ether oxygens (including phenoxy) is 1. The van der Waals surface area contributed by atoms with Crippen LogP contribution in [0.3, 0.4) is 0 Å². The fraction of sp³-hybridized carbons (Fsp3) is 0.389. The number of Topliss-reactive ketones (excluding diaryl/α,β-unsaturated/α-hetero) is 1. The normalized spacial score (nSPS) is 14.6. The number of nitrogens with two attached hydrogens (primary N) is 1. The summed E-state index contributed by atoms with van der Waals surface area (Å²) in [5, 5.41) is 4.31. The topological polar surface area (TPSA) is 87.2 Å². The van der Waals surface area contributed by atoms with Crippen LogP contribution in [0.15, 0.2) is 18.2 Å². The van der Waals surface area contributed by atoms with E-state index < -0.39 is 35.6 Å². The summed E-state index contributed by atoms with van der Waals surface area (Å²) in [6, 6.07) is 3.22. The molecule has 138 valence electrons. The predicted octanol–water partition coefficient (Wildman–Crippen LogP) is 3.21. The van der Waals surface area contributed by atoms with Gasteiger partial charge in [-0.1, -0.05) is 18.9 Å². The standard InChI is InChI=1S/C18H19F2N3O3/c1-10-15(17(21)23(22-10)11-5-2-3-6-11)18(25)26-9-14(24)16-12(19)7-4-8-13(16)20/h4,7-8,11H,2-3,5-6,9,21H2,1H3. The zero-order valence-electron chi connectivity index (χ0n) is 14.3. The summed E-state index contributed by atoms with van der Waals surface area (Å²) in [4.78, 5) is 24.3. The number of esters is 1. The van der Waals surface area contributed by atoms with E-state index in [1.165, 1.54) is 0 Å². The second-order valence-corrected chi connectivity index (χ2v) is 6.32. The zero-order valence-corrected chi connectivity index (χ0v) is 14.3. The molecule has 0 spiro atoms. The van der Waals surface area contributed by atoms with Gasteiger partial charge in [0.1, 0.15) is 23.0 Å². The van der Waals surface area contributed by atoms with Crippen molar-refractivity contribution in [2.75, 3.05) is 12.3 Å². The van der Waals surface area contributed by atoms with E-state index in [1.54, 1.807) is 11.6 Å². The Labute approximate surface area is 148 Å². The number of rotatable bonds is 5. The van der Waals surface area contributed by atoms with Crippen LogP contribution in [0.4, 0.5) is 14.6 Å². The maximum absolute atomic E-state index is 13.6. The van der Waals surface area contributed by atoms with Gasteiger partial charge in [-0.25, -0.2) is 18.3 Å². The molecule has 1 fully saturated rings. The average molecular weight is 363 g/mol. The largest absolute Gasteiger partial charge is 0.454 e. The minimum absolute atomic E-state index is 0.0821. The number of aryl methyl sites for hydroxylation is 1. The predicted molar refractivity (Wildman–Crippen MR) is 89.9 cm³/mol. The van der Waals surface area contributed by atoms with Crippen molar-refractivity contribution in [2.45, 2.75) is 38.6 Å². The third-order valence-electron chi connectivity index (χ3n) is 4.57. The molecule has 0 radical (unpaired) electrons. The van der Waals surface area contributed by atoms with Gasteiger partial charge >= 0.3 is 5.97 Å². The lowest BCUT2D eigenvalue weighted by atomic mass is 10.1. The molecule has 0 aliphatic heterocycles. The Balaban J connectivity index is 1.73. The maximum atomic E-state index is 13.6. The van der Waals surface area contributed by atoms with Crippen molar-refractivity contribution in [1.29, 1.82) is 0 Å². The third kappa shape index (κ3) is 3.31. The Hall–Kier alpha value is -2.77. The summed E-state index contributed by atoms with van der Waals surface area (Å²) in [6.45, 7) is 0.834. The molecule has 0 saturated heterocycles. The number of nitrogen functional groups attached to an aromatic ring is 1. The first-order valence-corrected chi connectivity index (χ1v) is 8.39. The number of anilines is 1. The molecule has 8 heteroatoms. The molecule has 3 rings (SSSR count). The molecular weight excluding hydrogens is 344 g/mol. The van der Waals surface area contributed by atoms with Crippen molar-refractivity contribution in [1.82, 2.24) is 9.78 Å². The molecule has 1 aromatic carbocycles. The Morgan fingerprint density at radius 1 is 1.23 bits per heavy atom. The number of carbonyl (C=O) groups excluding carboxylic acids is 2. The van der Waals surface area contributed by atoms with E-state index in [9.17, 15) is 18.4 Å². The number of aromatic nitrogens is 2. The van der Waals surface area contributed by atoms with Gasteiger partial charge in [0.25, 0.3) is 0 Å². The van der Waals surface area contributed by atoms with Crippen LogP contribution >= 0.6 is 0 Å². The number of nitrogens with zero attached hydrogens (tertiary/aromatic N) is 2. The van der Waals surface area contributed by atoms with E-state index in [2.05, 4.69) is 5.10 Å². The highest BCUT2D eigenvalue weighted by molar-refractivity contribution is 6.01. The number of hydrogen-bond acceptors (Lipinski definition) is 5. The average Bonchev–Trinajstić information content (AvgIpc) is 3.20. The summed E-state index contributed by atoms with van der Waals surface area (Å²) < 4.78 is 33.8. The molecule has 6 nitrogen and oxygen atoms in total. The Bertz CT molecular complexity index is 837. The molecule has 2 N–H and O–H groups in total. The first-order valence-electron chi connectivity index (χ1n) is 8.39. The molecule has 1 heterocycles. The van der Waals surface area contributed by atoms with E-state index in [-0.39, 0.29) is 17.4 Å². The fourth-order valence-corrected chi connectivity index (χ4v) is 3.28. The van der Waals surface area contributed by atoms with Crippen molar-refractivity contribution in [2.24, 2.45) is 0 Å². The lowest BCUT2D eigenvalue weighted by molar-refractivity contribution is 0.0472. The molecular formula is C18H19F2N3O3. The number of carbonyl (C=O) groups is 2. The van der Waals surface area contributed by atoms with Crippen molar-refractivity contribution in [3.8, 4) is 0 Å². The van der Waals surface area contributed by atoms with Crippen molar-refractivity contribution >= 4 is 17.6 Å². The minimum atomic E-state index is -1.00. The van der Waals surface area contributed by atoms with Crippen LogP contribution in [0, 0.1) is 18.6 Å². The molecule has 0 bridgehead atoms. The Kier molecular flexibility index (Phi) is 5.01. The van der Waals surface area contributed by atoms with Crippen LogP contribution in [0.1, 0.15) is 58.1 Å². The molecule has 1 aliphatic rings. The van der Waals surface area contributed by atoms with Gasteiger partial charge in [0.05, 0.1) is 17.3 Å². The molecule has 1 saturated carbocycles. The summed E-state index contributed by atoms with van der Waals surface area (Å²) in [5.41, 5.74) is 5.79. The fourth-order valence-electron chi connectivity index (χ4n) is 3.28. The van der Waals surface area contributed by atoms with E-state index in [4.69, 9.17) is 10.5 Å². The molecule has 0 amide bonds. The van der Waals surface area contributed by atoms with Gasteiger partial charge in [-0.05, 0) is 31.9 Å². The second kappa shape index (κ2) is 7.23. The molecule has 0 unspecified atom stereocenters. The van der Waals surface area contributed by atoms with E-state index in [1.807, 2.05) is 0 Å². The van der Waals surface area contributed by atoms with Gasteiger partial charge < -0.3 is 10.5 Å². The van der Waals surface area contributed by atoms with E-state index in [0.717, 1.165) is 43.9 Å². The van der Waals surface area contributed by atoms with Crippen LogP contribution in [0.25, 0.3) is 0 Å². The van der Waals surface area contributed by atoms with Crippen LogP contribution in [-0.4, -0.2) is 28.1 Å². The minimum Gasteiger partial charge on any atom is -0.454 e.